The lowest BCUT2D eigenvalue weighted by Gasteiger charge is -2.25. The monoisotopic (exact) mass is 330 g/mol. The minimum absolute atomic E-state index is 0.619. The van der Waals surface area contributed by atoms with Gasteiger partial charge in [0, 0.05) is 30.4 Å². The first-order valence-corrected chi connectivity index (χ1v) is 8.98. The molecule has 0 radical (unpaired) electrons. The number of fused-ring (bicyclic) bond motifs is 1. The summed E-state index contributed by atoms with van der Waals surface area (Å²) in [5.74, 6) is 0.619. The second-order valence-electron chi connectivity index (χ2n) is 4.60. The topological polar surface area (TPSA) is 42.4 Å². The molecule has 0 amide bonds. The van der Waals surface area contributed by atoms with Crippen molar-refractivity contribution in [1.29, 1.82) is 0 Å². The zero-order valence-corrected chi connectivity index (χ0v) is 13.3. The van der Waals surface area contributed by atoms with Crippen molar-refractivity contribution in [2.75, 3.05) is 38.6 Å². The van der Waals surface area contributed by atoms with Crippen molar-refractivity contribution in [3.8, 4) is 0 Å². The molecule has 0 saturated carbocycles. The molecule has 1 atom stereocenters. The molecule has 7 heteroatoms. The largest absolute Gasteiger partial charge is 0.379 e. The van der Waals surface area contributed by atoms with Gasteiger partial charge in [-0.15, -0.1) is 11.3 Å². The highest BCUT2D eigenvalue weighted by Gasteiger charge is 2.15. The third-order valence-electron chi connectivity index (χ3n) is 3.22. The van der Waals surface area contributed by atoms with Gasteiger partial charge < -0.3 is 4.74 Å². The summed E-state index contributed by atoms with van der Waals surface area (Å²) in [5, 5.41) is 0.687. The van der Waals surface area contributed by atoms with Gasteiger partial charge in [-0.05, 0) is 18.2 Å². The highest BCUT2D eigenvalue weighted by molar-refractivity contribution is 7.87. The molecule has 1 aromatic carbocycles. The molecule has 0 bridgehead atoms. The van der Waals surface area contributed by atoms with Gasteiger partial charge in [-0.25, -0.2) is 4.98 Å². The number of halogens is 1. The summed E-state index contributed by atoms with van der Waals surface area (Å²) >= 11 is 7.42. The number of morpholine rings is 1. The van der Waals surface area contributed by atoms with Gasteiger partial charge in [-0.2, -0.15) is 0 Å². The van der Waals surface area contributed by atoms with Crippen LogP contribution in [0.15, 0.2) is 22.5 Å². The molecule has 20 heavy (non-hydrogen) atoms. The lowest BCUT2D eigenvalue weighted by molar-refractivity contribution is 0.0409. The number of rotatable bonds is 4. The fraction of sp³-hybridized carbons (Fsp3) is 0.462. The maximum Gasteiger partial charge on any atom is 0.181 e. The Hall–Kier alpha value is -0.530. The molecule has 0 aliphatic carbocycles. The van der Waals surface area contributed by atoms with Crippen LogP contribution in [0, 0.1) is 0 Å². The van der Waals surface area contributed by atoms with Crippen LogP contribution in [-0.4, -0.2) is 52.7 Å². The lowest BCUT2D eigenvalue weighted by Crippen LogP contribution is -2.38. The molecule has 1 aliphatic heterocycles. The SMILES string of the molecule is O=S(CCN1CCOCC1)c1nc2ccc(Cl)cc2s1. The molecule has 0 spiro atoms. The molecule has 3 rings (SSSR count). The fourth-order valence-corrected chi connectivity index (χ4v) is 4.76. The van der Waals surface area contributed by atoms with E-state index in [1.54, 1.807) is 0 Å². The van der Waals surface area contributed by atoms with Crippen LogP contribution >= 0.6 is 22.9 Å². The van der Waals surface area contributed by atoms with Gasteiger partial charge >= 0.3 is 0 Å². The molecule has 2 heterocycles. The van der Waals surface area contributed by atoms with Crippen molar-refractivity contribution in [3.05, 3.63) is 23.2 Å². The predicted octanol–water partition coefficient (Wildman–Crippen LogP) is 2.39. The van der Waals surface area contributed by atoms with Crippen molar-refractivity contribution < 1.29 is 8.95 Å². The zero-order valence-electron chi connectivity index (χ0n) is 10.9. The van der Waals surface area contributed by atoms with Gasteiger partial charge in [0.25, 0.3) is 0 Å². The van der Waals surface area contributed by atoms with Gasteiger partial charge in [-0.1, -0.05) is 11.6 Å². The third-order valence-corrected chi connectivity index (χ3v) is 6.11. The van der Waals surface area contributed by atoms with Gasteiger partial charge in [0.2, 0.25) is 0 Å². The summed E-state index contributed by atoms with van der Waals surface area (Å²) in [6.07, 6.45) is 0. The van der Waals surface area contributed by atoms with E-state index in [4.69, 9.17) is 16.3 Å². The minimum Gasteiger partial charge on any atom is -0.379 e. The number of hydrogen-bond donors (Lipinski definition) is 0. The van der Waals surface area contributed by atoms with E-state index in [0.717, 1.165) is 43.1 Å². The summed E-state index contributed by atoms with van der Waals surface area (Å²) in [7, 11) is -1.04. The number of ether oxygens (including phenoxy) is 1. The molecule has 1 aliphatic rings. The smallest absolute Gasteiger partial charge is 0.181 e. The van der Waals surface area contributed by atoms with Crippen LogP contribution < -0.4 is 0 Å². The quantitative estimate of drug-likeness (QED) is 0.863. The molecule has 0 N–H and O–H groups in total. The average molecular weight is 331 g/mol. The van der Waals surface area contributed by atoms with E-state index in [2.05, 4.69) is 9.88 Å². The summed E-state index contributed by atoms with van der Waals surface area (Å²) in [6, 6.07) is 5.55. The lowest BCUT2D eigenvalue weighted by atomic mass is 10.3. The molecule has 2 aromatic rings. The van der Waals surface area contributed by atoms with Crippen molar-refractivity contribution in [2.45, 2.75) is 4.34 Å². The van der Waals surface area contributed by atoms with Gasteiger partial charge in [0.15, 0.2) is 4.34 Å². The fourth-order valence-electron chi connectivity index (χ4n) is 2.10. The van der Waals surface area contributed by atoms with Crippen LogP contribution in [0.5, 0.6) is 0 Å². The van der Waals surface area contributed by atoms with Gasteiger partial charge in [0.05, 0.1) is 34.2 Å². The third kappa shape index (κ3) is 3.38. The van der Waals surface area contributed by atoms with E-state index in [0.29, 0.717) is 15.1 Å². The number of nitrogens with zero attached hydrogens (tertiary/aromatic N) is 2. The van der Waals surface area contributed by atoms with Crippen molar-refractivity contribution >= 4 is 44.0 Å². The maximum absolute atomic E-state index is 12.3. The van der Waals surface area contributed by atoms with E-state index in [1.807, 2.05) is 18.2 Å². The molecule has 108 valence electrons. The van der Waals surface area contributed by atoms with E-state index >= 15 is 0 Å². The Kier molecular flexibility index (Phi) is 4.68. The first kappa shape index (κ1) is 14.4. The molecule has 1 aromatic heterocycles. The van der Waals surface area contributed by atoms with E-state index in [1.165, 1.54) is 11.3 Å². The Balaban J connectivity index is 1.65. The summed E-state index contributed by atoms with van der Waals surface area (Å²) < 4.78 is 19.3. The average Bonchev–Trinajstić information content (AvgIpc) is 2.89. The van der Waals surface area contributed by atoms with Crippen molar-refractivity contribution in [1.82, 2.24) is 9.88 Å². The second-order valence-corrected chi connectivity index (χ2v) is 7.81. The zero-order chi connectivity index (χ0) is 13.9. The van der Waals surface area contributed by atoms with E-state index in [9.17, 15) is 4.21 Å². The number of hydrogen-bond acceptors (Lipinski definition) is 5. The second kappa shape index (κ2) is 6.49. The van der Waals surface area contributed by atoms with E-state index < -0.39 is 10.8 Å². The minimum atomic E-state index is -1.04. The van der Waals surface area contributed by atoms with Gasteiger partial charge in [-0.3, -0.25) is 9.11 Å². The standard InChI is InChI=1S/C13H15ClN2O2S2/c14-10-1-2-11-12(9-10)19-13(15-11)20(17)8-5-16-3-6-18-7-4-16/h1-2,9H,3-8H2. The van der Waals surface area contributed by atoms with Crippen LogP contribution in [-0.2, 0) is 15.5 Å². The Morgan fingerprint density at radius 1 is 1.40 bits per heavy atom. The number of benzene rings is 1. The van der Waals surface area contributed by atoms with Crippen LogP contribution in [0.25, 0.3) is 10.2 Å². The van der Waals surface area contributed by atoms with Crippen LogP contribution in [0.4, 0.5) is 0 Å². The molecular formula is C13H15ClN2O2S2. The molecule has 1 saturated heterocycles. The Morgan fingerprint density at radius 2 is 2.20 bits per heavy atom. The first-order chi connectivity index (χ1) is 9.72. The van der Waals surface area contributed by atoms with Gasteiger partial charge in [0.1, 0.15) is 0 Å². The van der Waals surface area contributed by atoms with Crippen molar-refractivity contribution in [3.63, 3.8) is 0 Å². The van der Waals surface area contributed by atoms with Crippen LogP contribution in [0.2, 0.25) is 5.02 Å². The molecule has 4 nitrogen and oxygen atoms in total. The van der Waals surface area contributed by atoms with Crippen LogP contribution in [0.3, 0.4) is 0 Å². The molecule has 1 fully saturated rings. The number of thiazole rings is 1. The Morgan fingerprint density at radius 3 is 3.00 bits per heavy atom. The Labute approximate surface area is 129 Å². The normalized spacial score (nSPS) is 18.4. The molecular weight excluding hydrogens is 316 g/mol. The Bertz CT molecular complexity index is 626. The molecule has 1 unspecified atom stereocenters. The predicted molar refractivity (Wildman–Crippen MR) is 83.2 cm³/mol. The van der Waals surface area contributed by atoms with Crippen molar-refractivity contribution in [2.24, 2.45) is 0 Å². The highest BCUT2D eigenvalue weighted by Crippen LogP contribution is 2.27. The van der Waals surface area contributed by atoms with Crippen LogP contribution in [0.1, 0.15) is 0 Å². The summed E-state index contributed by atoms with van der Waals surface area (Å²) in [4.78, 5) is 6.72. The first-order valence-electron chi connectivity index (χ1n) is 6.47. The van der Waals surface area contributed by atoms with E-state index in [-0.39, 0.29) is 0 Å². The summed E-state index contributed by atoms with van der Waals surface area (Å²) in [5.41, 5.74) is 0.870. The summed E-state index contributed by atoms with van der Waals surface area (Å²) in [6.45, 7) is 4.21. The number of aromatic nitrogens is 1. The maximum atomic E-state index is 12.3. The highest BCUT2D eigenvalue weighted by atomic mass is 35.5.